The van der Waals surface area contributed by atoms with Crippen LogP contribution in [0, 0.1) is 0 Å². The lowest BCUT2D eigenvalue weighted by Gasteiger charge is -2.06. The van der Waals surface area contributed by atoms with Crippen molar-refractivity contribution in [1.29, 1.82) is 0 Å². The van der Waals surface area contributed by atoms with E-state index in [1.807, 2.05) is 0 Å². The molecule has 1 rings (SSSR count). The summed E-state index contributed by atoms with van der Waals surface area (Å²) in [7, 11) is 1.40. The van der Waals surface area contributed by atoms with E-state index in [-0.39, 0.29) is 17.7 Å². The number of carbonyl (C=O) groups excluding carboxylic acids is 1. The summed E-state index contributed by atoms with van der Waals surface area (Å²) < 4.78 is 9.68. The van der Waals surface area contributed by atoms with Crippen LogP contribution in [0.2, 0.25) is 0 Å². The Kier molecular flexibility index (Phi) is 3.88. The number of methoxy groups -OCH3 is 1. The lowest BCUT2D eigenvalue weighted by atomic mass is 10.1. The Morgan fingerprint density at radius 1 is 1.25 bits per heavy atom. The molecular weight excluding hydrogens is 212 g/mol. The van der Waals surface area contributed by atoms with Crippen LogP contribution < -0.4 is 4.74 Å². The van der Waals surface area contributed by atoms with Crippen LogP contribution in [0.15, 0.2) is 18.2 Å². The van der Waals surface area contributed by atoms with E-state index < -0.39 is 11.9 Å². The van der Waals surface area contributed by atoms with Crippen molar-refractivity contribution >= 4 is 11.9 Å². The maximum Gasteiger partial charge on any atom is 0.338 e. The van der Waals surface area contributed by atoms with Gasteiger partial charge in [-0.15, -0.1) is 0 Å². The third kappa shape index (κ3) is 2.73. The quantitative estimate of drug-likeness (QED) is 0.786. The fourth-order valence-corrected chi connectivity index (χ4v) is 1.17. The lowest BCUT2D eigenvalue weighted by Crippen LogP contribution is -2.07. The summed E-state index contributed by atoms with van der Waals surface area (Å²) in [6.45, 7) is 1.91. The van der Waals surface area contributed by atoms with Gasteiger partial charge >= 0.3 is 11.9 Å². The summed E-state index contributed by atoms with van der Waals surface area (Å²) in [5.74, 6) is -1.38. The summed E-state index contributed by atoms with van der Waals surface area (Å²) in [4.78, 5) is 22.2. The predicted octanol–water partition coefficient (Wildman–Crippen LogP) is 1.57. The van der Waals surface area contributed by atoms with Gasteiger partial charge in [0.1, 0.15) is 5.75 Å². The van der Waals surface area contributed by atoms with E-state index >= 15 is 0 Å². The first-order valence-electron chi connectivity index (χ1n) is 4.68. The van der Waals surface area contributed by atoms with Crippen molar-refractivity contribution in [2.45, 2.75) is 6.92 Å². The maximum absolute atomic E-state index is 11.4. The van der Waals surface area contributed by atoms with E-state index in [0.29, 0.717) is 5.75 Å². The van der Waals surface area contributed by atoms with Gasteiger partial charge in [0.2, 0.25) is 0 Å². The van der Waals surface area contributed by atoms with Crippen LogP contribution in [-0.4, -0.2) is 30.8 Å². The molecular formula is C11H12O5. The average molecular weight is 224 g/mol. The molecule has 1 N–H and O–H groups in total. The van der Waals surface area contributed by atoms with Gasteiger partial charge < -0.3 is 14.6 Å². The Bertz CT molecular complexity index is 411. The van der Waals surface area contributed by atoms with Crippen molar-refractivity contribution in [3.05, 3.63) is 29.3 Å². The number of carboxylic acid groups (broad SMARTS) is 1. The molecule has 0 atom stereocenters. The standard InChI is InChI=1S/C11H12O5/c1-3-16-11(14)8-4-7(10(12)13)5-9(6-8)15-2/h4-6H,3H2,1-2H3,(H,12,13). The Balaban J connectivity index is 3.13. The number of esters is 1. The fourth-order valence-electron chi connectivity index (χ4n) is 1.17. The topological polar surface area (TPSA) is 72.8 Å². The van der Waals surface area contributed by atoms with Gasteiger partial charge in [0.05, 0.1) is 24.8 Å². The highest BCUT2D eigenvalue weighted by Gasteiger charge is 2.13. The highest BCUT2D eigenvalue weighted by atomic mass is 16.5. The number of hydrogen-bond donors (Lipinski definition) is 1. The van der Waals surface area contributed by atoms with Crippen molar-refractivity contribution in [3.63, 3.8) is 0 Å². The molecule has 5 nitrogen and oxygen atoms in total. The molecule has 0 aliphatic carbocycles. The third-order valence-corrected chi connectivity index (χ3v) is 1.90. The van der Waals surface area contributed by atoms with E-state index in [1.165, 1.54) is 25.3 Å². The van der Waals surface area contributed by atoms with Crippen molar-refractivity contribution in [2.24, 2.45) is 0 Å². The smallest absolute Gasteiger partial charge is 0.338 e. The first kappa shape index (κ1) is 12.0. The van der Waals surface area contributed by atoms with Gasteiger partial charge in [-0.05, 0) is 25.1 Å². The summed E-state index contributed by atoms with van der Waals surface area (Å²) in [6, 6.07) is 4.03. The van der Waals surface area contributed by atoms with Crippen LogP contribution in [0.5, 0.6) is 5.75 Å². The summed E-state index contributed by atoms with van der Waals surface area (Å²) in [5.41, 5.74) is 0.154. The Morgan fingerprint density at radius 3 is 2.38 bits per heavy atom. The predicted molar refractivity (Wildman–Crippen MR) is 55.9 cm³/mol. The first-order chi connectivity index (χ1) is 7.58. The van der Waals surface area contributed by atoms with Crippen molar-refractivity contribution in [2.75, 3.05) is 13.7 Å². The van der Waals surface area contributed by atoms with Crippen molar-refractivity contribution in [1.82, 2.24) is 0 Å². The molecule has 0 aliphatic rings. The lowest BCUT2D eigenvalue weighted by molar-refractivity contribution is 0.0526. The Morgan fingerprint density at radius 2 is 1.88 bits per heavy atom. The first-order valence-corrected chi connectivity index (χ1v) is 4.68. The molecule has 86 valence electrons. The second-order valence-corrected chi connectivity index (χ2v) is 2.98. The summed E-state index contributed by atoms with van der Waals surface area (Å²) in [5, 5.41) is 8.83. The molecule has 0 amide bonds. The average Bonchev–Trinajstić information content (AvgIpc) is 2.28. The van der Waals surface area contributed by atoms with E-state index in [4.69, 9.17) is 14.6 Å². The number of carboxylic acids is 1. The summed E-state index contributed by atoms with van der Waals surface area (Å²) >= 11 is 0. The van der Waals surface area contributed by atoms with Crippen molar-refractivity contribution in [3.8, 4) is 5.75 Å². The third-order valence-electron chi connectivity index (χ3n) is 1.90. The van der Waals surface area contributed by atoms with Crippen LogP contribution in [0.3, 0.4) is 0 Å². The van der Waals surface area contributed by atoms with E-state index in [1.54, 1.807) is 6.92 Å². The van der Waals surface area contributed by atoms with E-state index in [9.17, 15) is 9.59 Å². The summed E-state index contributed by atoms with van der Waals surface area (Å²) in [6.07, 6.45) is 0. The number of ether oxygens (including phenoxy) is 2. The number of aromatic carboxylic acids is 1. The van der Waals surface area contributed by atoms with E-state index in [2.05, 4.69) is 0 Å². The van der Waals surface area contributed by atoms with Crippen LogP contribution in [-0.2, 0) is 4.74 Å². The number of carbonyl (C=O) groups is 2. The van der Waals surface area contributed by atoms with E-state index in [0.717, 1.165) is 0 Å². The Labute approximate surface area is 92.6 Å². The second-order valence-electron chi connectivity index (χ2n) is 2.98. The normalized spacial score (nSPS) is 9.62. The molecule has 0 aromatic heterocycles. The zero-order valence-electron chi connectivity index (χ0n) is 9.02. The van der Waals surface area contributed by atoms with Gasteiger partial charge in [0, 0.05) is 0 Å². The molecule has 0 aliphatic heterocycles. The number of rotatable bonds is 4. The minimum atomic E-state index is -1.12. The SMILES string of the molecule is CCOC(=O)c1cc(OC)cc(C(=O)O)c1. The Hall–Kier alpha value is -2.04. The molecule has 0 bridgehead atoms. The molecule has 0 saturated carbocycles. The molecule has 16 heavy (non-hydrogen) atoms. The van der Waals surface area contributed by atoms with Crippen LogP contribution in [0.25, 0.3) is 0 Å². The number of benzene rings is 1. The minimum absolute atomic E-state index is 0.0117. The molecule has 5 heteroatoms. The van der Waals surface area contributed by atoms with Gasteiger partial charge in [0.15, 0.2) is 0 Å². The largest absolute Gasteiger partial charge is 0.497 e. The molecule has 0 heterocycles. The zero-order chi connectivity index (χ0) is 12.1. The van der Waals surface area contributed by atoms with Crippen LogP contribution in [0.1, 0.15) is 27.6 Å². The molecule has 0 unspecified atom stereocenters. The van der Waals surface area contributed by atoms with Gasteiger partial charge in [0.25, 0.3) is 0 Å². The number of hydrogen-bond acceptors (Lipinski definition) is 4. The molecule has 0 saturated heterocycles. The molecule has 0 radical (unpaired) electrons. The molecule has 0 spiro atoms. The second kappa shape index (κ2) is 5.16. The minimum Gasteiger partial charge on any atom is -0.497 e. The molecule has 1 aromatic carbocycles. The monoisotopic (exact) mass is 224 g/mol. The van der Waals surface area contributed by atoms with Gasteiger partial charge in [-0.2, -0.15) is 0 Å². The highest BCUT2D eigenvalue weighted by molar-refractivity contribution is 5.95. The molecule has 0 fully saturated rings. The zero-order valence-corrected chi connectivity index (χ0v) is 9.02. The van der Waals surface area contributed by atoms with Gasteiger partial charge in [-0.1, -0.05) is 0 Å². The van der Waals surface area contributed by atoms with Crippen molar-refractivity contribution < 1.29 is 24.2 Å². The highest BCUT2D eigenvalue weighted by Crippen LogP contribution is 2.17. The fraction of sp³-hybridized carbons (Fsp3) is 0.273. The van der Waals surface area contributed by atoms with Gasteiger partial charge in [-0.25, -0.2) is 9.59 Å². The molecule has 1 aromatic rings. The van der Waals surface area contributed by atoms with Crippen LogP contribution >= 0.6 is 0 Å². The van der Waals surface area contributed by atoms with Crippen LogP contribution in [0.4, 0.5) is 0 Å². The maximum atomic E-state index is 11.4. The van der Waals surface area contributed by atoms with Gasteiger partial charge in [-0.3, -0.25) is 0 Å².